The first-order chi connectivity index (χ1) is 14.4. The molecule has 0 radical (unpaired) electrons. The summed E-state index contributed by atoms with van der Waals surface area (Å²) < 4.78 is 5.49. The number of benzene rings is 2. The number of hydrogen-bond donors (Lipinski definition) is 0. The number of imide groups is 1. The summed E-state index contributed by atoms with van der Waals surface area (Å²) >= 11 is 0. The van der Waals surface area contributed by atoms with Gasteiger partial charge in [-0.25, -0.2) is 0 Å². The molecule has 1 fully saturated rings. The van der Waals surface area contributed by atoms with Crippen LogP contribution in [0.4, 0.5) is 5.69 Å². The molecule has 166 valence electrons. The summed E-state index contributed by atoms with van der Waals surface area (Å²) in [7, 11) is 1.70. The summed E-state index contributed by atoms with van der Waals surface area (Å²) in [5.74, 6) is 0.595. The minimum absolute atomic E-state index is 0. The van der Waals surface area contributed by atoms with Crippen LogP contribution in [0.3, 0.4) is 0 Å². The molecule has 0 aliphatic carbocycles. The Hall–Kier alpha value is -2.86. The van der Waals surface area contributed by atoms with E-state index in [0.29, 0.717) is 18.7 Å². The summed E-state index contributed by atoms with van der Waals surface area (Å²) in [6, 6.07) is 15.5. The van der Waals surface area contributed by atoms with Crippen molar-refractivity contribution in [2.24, 2.45) is 0 Å². The molecule has 2 aromatic rings. The third-order valence-corrected chi connectivity index (χ3v) is 6.29. The number of ether oxygens (including phenoxy) is 1. The molecule has 0 N–H and O–H groups in total. The number of amides is 2. The molecule has 2 amide bonds. The van der Waals surface area contributed by atoms with E-state index in [-0.39, 0.29) is 19.2 Å². The largest absolute Gasteiger partial charge is 0.495 e. The maximum Gasteiger partial charge on any atom is 0.260 e. The van der Waals surface area contributed by atoms with E-state index in [4.69, 9.17) is 4.74 Å². The minimum Gasteiger partial charge on any atom is -0.495 e. The zero-order chi connectivity index (χ0) is 21.3. The number of anilines is 1. The maximum absolute atomic E-state index is 13.1. The van der Waals surface area contributed by atoms with Gasteiger partial charge in [-0.1, -0.05) is 37.8 Å². The van der Waals surface area contributed by atoms with Gasteiger partial charge in [0.2, 0.25) is 5.91 Å². The molecule has 2 aliphatic heterocycles. The van der Waals surface area contributed by atoms with Crippen LogP contribution >= 0.6 is 0 Å². The quantitative estimate of drug-likeness (QED) is 0.690. The lowest BCUT2D eigenvalue weighted by molar-refractivity contribution is -0.134. The van der Waals surface area contributed by atoms with E-state index in [9.17, 15) is 9.59 Å². The Morgan fingerprint density at radius 1 is 0.903 bits per heavy atom. The molecule has 2 heterocycles. The summed E-state index contributed by atoms with van der Waals surface area (Å²) in [6.45, 7) is 8.45. The fourth-order valence-electron chi connectivity index (χ4n) is 4.45. The Morgan fingerprint density at radius 2 is 1.55 bits per heavy atom. The molecule has 0 spiro atoms. The monoisotopic (exact) mass is 423 g/mol. The maximum atomic E-state index is 13.1. The van der Waals surface area contributed by atoms with Crippen LogP contribution in [0, 0.1) is 0 Å². The van der Waals surface area contributed by atoms with Crippen molar-refractivity contribution in [3.63, 3.8) is 0 Å². The van der Waals surface area contributed by atoms with E-state index in [1.165, 1.54) is 4.90 Å². The van der Waals surface area contributed by atoms with Crippen LogP contribution in [0.25, 0.3) is 0 Å². The summed E-state index contributed by atoms with van der Waals surface area (Å²) in [6.07, 6.45) is 0. The van der Waals surface area contributed by atoms with E-state index in [2.05, 4.69) is 15.9 Å². The van der Waals surface area contributed by atoms with Crippen LogP contribution in [0.1, 0.15) is 37.2 Å². The molecule has 31 heavy (non-hydrogen) atoms. The van der Waals surface area contributed by atoms with E-state index >= 15 is 0 Å². The van der Waals surface area contributed by atoms with Gasteiger partial charge < -0.3 is 9.64 Å². The number of fused-ring (bicyclic) bond motifs is 1. The van der Waals surface area contributed by atoms with Crippen molar-refractivity contribution >= 4 is 17.5 Å². The fraction of sp³-hybridized carbons (Fsp3) is 0.440. The number of carbonyl (C=O) groups excluding carboxylic acids is 2. The third kappa shape index (κ3) is 4.17. The number of para-hydroxylation sites is 2. The van der Waals surface area contributed by atoms with Gasteiger partial charge in [0.1, 0.15) is 5.75 Å². The zero-order valence-electron chi connectivity index (χ0n) is 17.9. The SMILES string of the molecule is C.COc1ccccc1N1CCN(CCN2C(=O)c3ccccc3C(C)(C)C2=O)CC1. The second-order valence-electron chi connectivity index (χ2n) is 8.43. The van der Waals surface area contributed by atoms with Gasteiger partial charge in [0.15, 0.2) is 0 Å². The van der Waals surface area contributed by atoms with Crippen molar-refractivity contribution in [3.8, 4) is 5.75 Å². The molecule has 0 unspecified atom stereocenters. The molecule has 1 saturated heterocycles. The number of carbonyl (C=O) groups is 2. The van der Waals surface area contributed by atoms with Crippen molar-refractivity contribution < 1.29 is 14.3 Å². The predicted octanol–water partition coefficient (Wildman–Crippen LogP) is 3.41. The number of nitrogens with zero attached hydrogens (tertiary/aromatic N) is 3. The van der Waals surface area contributed by atoms with Gasteiger partial charge in [-0.05, 0) is 37.6 Å². The van der Waals surface area contributed by atoms with Crippen molar-refractivity contribution in [1.29, 1.82) is 0 Å². The zero-order valence-corrected chi connectivity index (χ0v) is 17.9. The lowest BCUT2D eigenvalue weighted by Crippen LogP contribution is -2.55. The second-order valence-corrected chi connectivity index (χ2v) is 8.43. The smallest absolute Gasteiger partial charge is 0.260 e. The highest BCUT2D eigenvalue weighted by molar-refractivity contribution is 6.12. The van der Waals surface area contributed by atoms with Crippen LogP contribution in [0.15, 0.2) is 48.5 Å². The van der Waals surface area contributed by atoms with Crippen molar-refractivity contribution in [2.45, 2.75) is 26.7 Å². The Morgan fingerprint density at radius 3 is 2.26 bits per heavy atom. The van der Waals surface area contributed by atoms with Crippen molar-refractivity contribution in [1.82, 2.24) is 9.80 Å². The van der Waals surface area contributed by atoms with Gasteiger partial charge in [-0.3, -0.25) is 19.4 Å². The molecule has 2 aromatic carbocycles. The molecule has 6 heteroatoms. The van der Waals surface area contributed by atoms with E-state index in [1.54, 1.807) is 7.11 Å². The highest BCUT2D eigenvalue weighted by atomic mass is 16.5. The Labute approximate surface area is 185 Å². The fourth-order valence-corrected chi connectivity index (χ4v) is 4.45. The average Bonchev–Trinajstić information content (AvgIpc) is 2.78. The molecule has 0 atom stereocenters. The first kappa shape index (κ1) is 22.8. The number of hydrogen-bond acceptors (Lipinski definition) is 5. The van der Waals surface area contributed by atoms with Crippen LogP contribution in [0.5, 0.6) is 5.75 Å². The Bertz CT molecular complexity index is 949. The van der Waals surface area contributed by atoms with Gasteiger partial charge in [0.05, 0.1) is 18.2 Å². The Balaban J connectivity index is 0.00000272. The van der Waals surface area contributed by atoms with Crippen LogP contribution in [-0.4, -0.2) is 68.0 Å². The highest BCUT2D eigenvalue weighted by Gasteiger charge is 2.44. The van der Waals surface area contributed by atoms with E-state index in [1.807, 2.05) is 56.3 Å². The summed E-state index contributed by atoms with van der Waals surface area (Å²) in [4.78, 5) is 32.1. The minimum atomic E-state index is -0.687. The number of methoxy groups -OCH3 is 1. The van der Waals surface area contributed by atoms with Gasteiger partial charge in [-0.15, -0.1) is 0 Å². The molecule has 0 aromatic heterocycles. The predicted molar refractivity (Wildman–Crippen MR) is 124 cm³/mol. The highest BCUT2D eigenvalue weighted by Crippen LogP contribution is 2.34. The second kappa shape index (κ2) is 9.10. The molecule has 2 aliphatic rings. The molecule has 0 bridgehead atoms. The molecule has 6 nitrogen and oxygen atoms in total. The normalized spacial score (nSPS) is 18.4. The van der Waals surface area contributed by atoms with E-state index < -0.39 is 5.41 Å². The van der Waals surface area contributed by atoms with Crippen molar-refractivity contribution in [2.75, 3.05) is 51.3 Å². The molecular weight excluding hydrogens is 390 g/mol. The lowest BCUT2D eigenvalue weighted by atomic mass is 9.77. The van der Waals surface area contributed by atoms with Crippen LogP contribution < -0.4 is 9.64 Å². The van der Waals surface area contributed by atoms with E-state index in [0.717, 1.165) is 43.2 Å². The average molecular weight is 424 g/mol. The Kier molecular flexibility index (Phi) is 6.70. The first-order valence-electron chi connectivity index (χ1n) is 10.5. The molecule has 4 rings (SSSR count). The van der Waals surface area contributed by atoms with Gasteiger partial charge in [0, 0.05) is 44.8 Å². The standard InChI is InChI=1S/C24H29N3O3.CH4/c1-24(2)19-9-5-4-8-18(19)22(28)27(23(24)29)17-14-25-12-15-26(16-13-25)20-10-6-7-11-21(20)30-3;/h4-11H,12-17H2,1-3H3;1H4. The van der Waals surface area contributed by atoms with Gasteiger partial charge in [-0.2, -0.15) is 0 Å². The van der Waals surface area contributed by atoms with Crippen molar-refractivity contribution in [3.05, 3.63) is 59.7 Å². The molecular formula is C25H33N3O3. The third-order valence-electron chi connectivity index (χ3n) is 6.29. The summed E-state index contributed by atoms with van der Waals surface area (Å²) in [5.41, 5.74) is 1.89. The lowest BCUT2D eigenvalue weighted by Gasteiger charge is -2.40. The molecule has 0 saturated carbocycles. The van der Waals surface area contributed by atoms with Crippen LogP contribution in [-0.2, 0) is 10.2 Å². The van der Waals surface area contributed by atoms with Gasteiger partial charge in [0.25, 0.3) is 5.91 Å². The number of rotatable bonds is 5. The number of piperazine rings is 1. The summed E-state index contributed by atoms with van der Waals surface area (Å²) in [5, 5.41) is 0. The van der Waals surface area contributed by atoms with Crippen LogP contribution in [0.2, 0.25) is 0 Å². The topological polar surface area (TPSA) is 53.1 Å². The first-order valence-corrected chi connectivity index (χ1v) is 10.5. The van der Waals surface area contributed by atoms with Gasteiger partial charge >= 0.3 is 0 Å².